The van der Waals surface area contributed by atoms with Crippen molar-refractivity contribution in [1.29, 1.82) is 0 Å². The molecule has 0 saturated heterocycles. The molecule has 0 fully saturated rings. The third-order valence-electron chi connectivity index (χ3n) is 5.11. The number of hydrogen-bond donors (Lipinski definition) is 2. The van der Waals surface area contributed by atoms with E-state index in [0.29, 0.717) is 33.6 Å². The molecule has 2 N–H and O–H groups in total. The number of benzene rings is 3. The van der Waals surface area contributed by atoms with Crippen LogP contribution in [0.3, 0.4) is 0 Å². The van der Waals surface area contributed by atoms with Gasteiger partial charge in [0.05, 0.1) is 37.6 Å². The molecule has 33 heavy (non-hydrogen) atoms. The first kappa shape index (κ1) is 22.2. The fraction of sp³-hybridized carbons (Fsp3) is 0.120. The highest BCUT2D eigenvalue weighted by molar-refractivity contribution is 6.32. The highest BCUT2D eigenvalue weighted by Gasteiger charge is 2.17. The molecule has 0 saturated carbocycles. The summed E-state index contributed by atoms with van der Waals surface area (Å²) in [6.45, 7) is 0. The van der Waals surface area contributed by atoms with Crippen molar-refractivity contribution in [1.82, 2.24) is 4.98 Å². The number of nitrogens with one attached hydrogen (secondary N) is 2. The number of anilines is 3. The van der Waals surface area contributed by atoms with Crippen LogP contribution in [0.25, 0.3) is 10.8 Å². The molecule has 4 aromatic rings. The van der Waals surface area contributed by atoms with Gasteiger partial charge in [0.1, 0.15) is 23.1 Å². The number of hydrogen-bond acceptors (Lipinski definition) is 6. The number of carbonyl (C=O) groups is 1. The fourth-order valence-corrected chi connectivity index (χ4v) is 3.67. The Morgan fingerprint density at radius 2 is 1.58 bits per heavy atom. The summed E-state index contributed by atoms with van der Waals surface area (Å²) in [5.74, 6) is 1.94. The number of rotatable bonds is 7. The minimum atomic E-state index is -0.339. The van der Waals surface area contributed by atoms with E-state index in [1.54, 1.807) is 25.4 Å². The maximum Gasteiger partial charge on any atom is 0.257 e. The molecule has 0 aliphatic heterocycles. The molecule has 0 spiro atoms. The van der Waals surface area contributed by atoms with Gasteiger partial charge in [-0.25, -0.2) is 4.98 Å². The molecule has 4 rings (SSSR count). The zero-order valence-corrected chi connectivity index (χ0v) is 19.1. The maximum atomic E-state index is 13.2. The first-order chi connectivity index (χ1) is 16.0. The van der Waals surface area contributed by atoms with Crippen LogP contribution in [0.15, 0.2) is 66.9 Å². The number of nitrogens with zero attached hydrogens (tertiary/aromatic N) is 1. The van der Waals surface area contributed by atoms with Gasteiger partial charge in [-0.1, -0.05) is 35.9 Å². The monoisotopic (exact) mass is 463 g/mol. The van der Waals surface area contributed by atoms with Crippen LogP contribution in [0.5, 0.6) is 17.2 Å². The van der Waals surface area contributed by atoms with Crippen LogP contribution in [-0.2, 0) is 0 Å². The van der Waals surface area contributed by atoms with Gasteiger partial charge in [-0.3, -0.25) is 4.79 Å². The Morgan fingerprint density at radius 3 is 2.24 bits per heavy atom. The van der Waals surface area contributed by atoms with Crippen molar-refractivity contribution in [2.75, 3.05) is 32.0 Å². The zero-order chi connectivity index (χ0) is 23.4. The second-order valence-electron chi connectivity index (χ2n) is 7.06. The zero-order valence-electron chi connectivity index (χ0n) is 18.3. The molecule has 8 heteroatoms. The molecule has 0 radical (unpaired) electrons. The Labute approximate surface area is 196 Å². The number of amides is 1. The van der Waals surface area contributed by atoms with E-state index in [2.05, 4.69) is 15.6 Å². The third-order valence-corrected chi connectivity index (χ3v) is 5.41. The van der Waals surface area contributed by atoms with Gasteiger partial charge in [0.2, 0.25) is 0 Å². The fourth-order valence-electron chi connectivity index (χ4n) is 3.43. The third kappa shape index (κ3) is 4.63. The molecule has 3 aromatic carbocycles. The van der Waals surface area contributed by atoms with E-state index in [9.17, 15) is 4.79 Å². The largest absolute Gasteiger partial charge is 0.497 e. The van der Waals surface area contributed by atoms with Gasteiger partial charge in [0.15, 0.2) is 0 Å². The van der Waals surface area contributed by atoms with Gasteiger partial charge in [0, 0.05) is 23.3 Å². The van der Waals surface area contributed by atoms with E-state index in [-0.39, 0.29) is 5.91 Å². The number of ether oxygens (including phenoxy) is 3. The van der Waals surface area contributed by atoms with E-state index >= 15 is 0 Å². The summed E-state index contributed by atoms with van der Waals surface area (Å²) in [5, 5.41) is 8.08. The van der Waals surface area contributed by atoms with E-state index in [1.165, 1.54) is 14.2 Å². The molecule has 0 bridgehead atoms. The van der Waals surface area contributed by atoms with Crippen molar-refractivity contribution in [3.05, 3.63) is 77.4 Å². The second kappa shape index (κ2) is 9.67. The Bertz CT molecular complexity index is 1310. The Hall–Kier alpha value is -3.97. The molecule has 0 unspecified atom stereocenters. The minimum Gasteiger partial charge on any atom is -0.497 e. The van der Waals surface area contributed by atoms with Crippen molar-refractivity contribution < 1.29 is 19.0 Å². The number of aromatic nitrogens is 1. The van der Waals surface area contributed by atoms with Crippen LogP contribution in [0.1, 0.15) is 10.4 Å². The summed E-state index contributed by atoms with van der Waals surface area (Å²) in [7, 11) is 4.64. The first-order valence-corrected chi connectivity index (χ1v) is 10.4. The molecule has 7 nitrogen and oxygen atoms in total. The van der Waals surface area contributed by atoms with E-state index in [0.717, 1.165) is 22.2 Å². The normalized spacial score (nSPS) is 10.5. The molecule has 1 heterocycles. The Balaban J connectivity index is 1.67. The minimum absolute atomic E-state index is 0.339. The summed E-state index contributed by atoms with van der Waals surface area (Å²) in [5.41, 5.74) is 1.70. The van der Waals surface area contributed by atoms with Gasteiger partial charge >= 0.3 is 0 Å². The molecule has 168 valence electrons. The predicted octanol–water partition coefficient (Wildman–Crippen LogP) is 5.91. The smallest absolute Gasteiger partial charge is 0.257 e. The average Bonchev–Trinajstić information content (AvgIpc) is 2.85. The number of halogens is 1. The van der Waals surface area contributed by atoms with Gasteiger partial charge in [-0.15, -0.1) is 0 Å². The highest BCUT2D eigenvalue weighted by Crippen LogP contribution is 2.36. The lowest BCUT2D eigenvalue weighted by molar-refractivity contribution is 0.102. The molecule has 0 aliphatic carbocycles. The topological polar surface area (TPSA) is 81.7 Å². The predicted molar refractivity (Wildman–Crippen MR) is 131 cm³/mol. The van der Waals surface area contributed by atoms with Gasteiger partial charge in [-0.05, 0) is 35.7 Å². The van der Waals surface area contributed by atoms with Crippen LogP contribution in [0.4, 0.5) is 17.2 Å². The van der Waals surface area contributed by atoms with Crippen molar-refractivity contribution >= 4 is 45.5 Å². The van der Waals surface area contributed by atoms with E-state index in [4.69, 9.17) is 25.8 Å². The molecule has 1 aromatic heterocycles. The molecule has 0 atom stereocenters. The van der Waals surface area contributed by atoms with Gasteiger partial charge in [0.25, 0.3) is 5.91 Å². The summed E-state index contributed by atoms with van der Waals surface area (Å²) in [4.78, 5) is 17.7. The van der Waals surface area contributed by atoms with Crippen LogP contribution < -0.4 is 24.8 Å². The standard InChI is InChI=1S/C25H22ClN3O4/c1-31-16-10-8-15(9-11-16)28-24-18-7-5-4-6-17(18)19(14-27-24)25(30)29-21-12-20(26)22(32-2)13-23(21)33-3/h4-14H,1-3H3,(H,27,28)(H,29,30). The number of methoxy groups -OCH3 is 3. The van der Waals surface area contributed by atoms with Crippen LogP contribution in [-0.4, -0.2) is 32.2 Å². The average molecular weight is 464 g/mol. The Kier molecular flexibility index (Phi) is 6.51. The van der Waals surface area contributed by atoms with Gasteiger partial charge < -0.3 is 24.8 Å². The van der Waals surface area contributed by atoms with Crippen LogP contribution in [0, 0.1) is 0 Å². The lowest BCUT2D eigenvalue weighted by Gasteiger charge is -2.15. The number of fused-ring (bicyclic) bond motifs is 1. The van der Waals surface area contributed by atoms with Crippen LogP contribution in [0.2, 0.25) is 5.02 Å². The summed E-state index contributed by atoms with van der Waals surface area (Å²) < 4.78 is 15.8. The van der Waals surface area contributed by atoms with E-state index < -0.39 is 0 Å². The molecule has 0 aliphatic rings. The summed E-state index contributed by atoms with van der Waals surface area (Å²) in [6, 6.07) is 18.3. The maximum absolute atomic E-state index is 13.2. The number of pyridine rings is 1. The number of carbonyl (C=O) groups excluding carboxylic acids is 1. The Morgan fingerprint density at radius 1 is 0.879 bits per heavy atom. The quantitative estimate of drug-likeness (QED) is 0.354. The van der Waals surface area contributed by atoms with Crippen molar-refractivity contribution in [3.8, 4) is 17.2 Å². The molecular formula is C25H22ClN3O4. The first-order valence-electron chi connectivity index (χ1n) is 10.1. The lowest BCUT2D eigenvalue weighted by atomic mass is 10.1. The van der Waals surface area contributed by atoms with Crippen molar-refractivity contribution in [3.63, 3.8) is 0 Å². The molecular weight excluding hydrogens is 442 g/mol. The van der Waals surface area contributed by atoms with Crippen molar-refractivity contribution in [2.45, 2.75) is 0 Å². The summed E-state index contributed by atoms with van der Waals surface area (Å²) in [6.07, 6.45) is 1.54. The summed E-state index contributed by atoms with van der Waals surface area (Å²) >= 11 is 6.24. The second-order valence-corrected chi connectivity index (χ2v) is 7.47. The van der Waals surface area contributed by atoms with E-state index in [1.807, 2.05) is 48.5 Å². The lowest BCUT2D eigenvalue weighted by Crippen LogP contribution is -2.14. The van der Waals surface area contributed by atoms with Crippen LogP contribution >= 0.6 is 11.6 Å². The SMILES string of the molecule is COc1ccc(Nc2ncc(C(=O)Nc3cc(Cl)c(OC)cc3OC)c3ccccc23)cc1. The highest BCUT2D eigenvalue weighted by atomic mass is 35.5. The molecule has 1 amide bonds. The van der Waals surface area contributed by atoms with Crippen molar-refractivity contribution in [2.24, 2.45) is 0 Å². The van der Waals surface area contributed by atoms with Gasteiger partial charge in [-0.2, -0.15) is 0 Å².